The molecule has 4 nitrogen and oxygen atoms in total. The summed E-state index contributed by atoms with van der Waals surface area (Å²) >= 11 is 1.30. The van der Waals surface area contributed by atoms with E-state index in [1.807, 2.05) is 0 Å². The largest absolute Gasteiger partial charge is 0.440 e. The van der Waals surface area contributed by atoms with Crippen molar-refractivity contribution in [2.24, 2.45) is 0 Å². The molecular formula is C12H12F3NO3S2. The molecule has 21 heavy (non-hydrogen) atoms. The number of thioether (sulfide) groups is 1. The Balaban J connectivity index is 2.05. The molecule has 0 saturated heterocycles. The summed E-state index contributed by atoms with van der Waals surface area (Å²) in [5, 5.41) is 0. The van der Waals surface area contributed by atoms with E-state index in [1.165, 1.54) is 17.8 Å². The number of aromatic nitrogens is 1. The average Bonchev–Trinajstić information content (AvgIpc) is 2.74. The minimum atomic E-state index is -4.42. The van der Waals surface area contributed by atoms with Crippen molar-refractivity contribution in [2.45, 2.75) is 11.9 Å². The second kappa shape index (κ2) is 5.88. The van der Waals surface area contributed by atoms with Gasteiger partial charge in [-0.25, -0.2) is 13.4 Å². The van der Waals surface area contributed by atoms with Crippen molar-refractivity contribution in [3.05, 3.63) is 29.7 Å². The molecule has 0 aliphatic heterocycles. The van der Waals surface area contributed by atoms with Crippen LogP contribution in [0.2, 0.25) is 0 Å². The number of oxazole rings is 1. The van der Waals surface area contributed by atoms with Gasteiger partial charge in [-0.05, 0) is 18.2 Å². The van der Waals surface area contributed by atoms with E-state index in [-0.39, 0.29) is 22.7 Å². The summed E-state index contributed by atoms with van der Waals surface area (Å²) in [5.41, 5.74) is -0.357. The van der Waals surface area contributed by atoms with Gasteiger partial charge in [0.25, 0.3) is 0 Å². The molecule has 2 rings (SSSR count). The summed E-state index contributed by atoms with van der Waals surface area (Å²) in [5.74, 6) is 1.01. The maximum absolute atomic E-state index is 12.6. The molecule has 0 atom stereocenters. The lowest BCUT2D eigenvalue weighted by atomic mass is 10.2. The van der Waals surface area contributed by atoms with E-state index in [0.717, 1.165) is 18.4 Å². The first-order valence-electron chi connectivity index (χ1n) is 5.87. The molecule has 0 unspecified atom stereocenters. The van der Waals surface area contributed by atoms with Gasteiger partial charge in [-0.2, -0.15) is 24.9 Å². The molecule has 0 radical (unpaired) electrons. The molecule has 1 heterocycles. The first kappa shape index (κ1) is 16.2. The van der Waals surface area contributed by atoms with Crippen molar-refractivity contribution in [3.63, 3.8) is 0 Å². The molecule has 0 amide bonds. The topological polar surface area (TPSA) is 60.2 Å². The number of fused-ring (bicyclic) bond motifs is 1. The third-order valence-electron chi connectivity index (χ3n) is 2.58. The van der Waals surface area contributed by atoms with Crippen molar-refractivity contribution in [3.8, 4) is 0 Å². The quantitative estimate of drug-likeness (QED) is 0.783. The zero-order chi connectivity index (χ0) is 15.7. The summed E-state index contributed by atoms with van der Waals surface area (Å²) in [6.07, 6.45) is -3.27. The zero-order valence-corrected chi connectivity index (χ0v) is 12.6. The second-order valence-electron chi connectivity index (χ2n) is 4.47. The van der Waals surface area contributed by atoms with E-state index in [9.17, 15) is 21.6 Å². The average molecular weight is 339 g/mol. The molecule has 0 spiro atoms. The summed E-state index contributed by atoms with van der Waals surface area (Å²) in [7, 11) is -3.02. The lowest BCUT2D eigenvalue weighted by Gasteiger charge is -2.04. The van der Waals surface area contributed by atoms with E-state index in [1.54, 1.807) is 0 Å². The Labute approximate surface area is 123 Å². The van der Waals surface area contributed by atoms with E-state index >= 15 is 0 Å². The van der Waals surface area contributed by atoms with Gasteiger partial charge in [0.15, 0.2) is 5.58 Å². The smallest absolute Gasteiger partial charge is 0.416 e. The first-order valence-corrected chi connectivity index (χ1v) is 9.09. The van der Waals surface area contributed by atoms with Crippen molar-refractivity contribution in [1.29, 1.82) is 0 Å². The highest BCUT2D eigenvalue weighted by atomic mass is 32.2. The summed E-state index contributed by atoms with van der Waals surface area (Å²) < 4.78 is 64.9. The highest BCUT2D eigenvalue weighted by molar-refractivity contribution is 7.99. The fraction of sp³-hybridized carbons (Fsp3) is 0.417. The van der Waals surface area contributed by atoms with Crippen LogP contribution in [0.4, 0.5) is 13.2 Å². The number of sulfone groups is 1. The molecule has 0 aliphatic rings. The molecular weight excluding hydrogens is 327 g/mol. The van der Waals surface area contributed by atoms with Crippen molar-refractivity contribution >= 4 is 32.7 Å². The van der Waals surface area contributed by atoms with Crippen LogP contribution >= 0.6 is 11.8 Å². The third kappa shape index (κ3) is 4.63. The number of hydrogen-bond acceptors (Lipinski definition) is 5. The Morgan fingerprint density at radius 2 is 2.05 bits per heavy atom. The van der Waals surface area contributed by atoms with Gasteiger partial charge in [-0.3, -0.25) is 0 Å². The molecule has 0 fully saturated rings. The Bertz CT molecular complexity index is 738. The highest BCUT2D eigenvalue weighted by Crippen LogP contribution is 2.31. The number of benzene rings is 1. The van der Waals surface area contributed by atoms with Gasteiger partial charge in [0.1, 0.15) is 15.4 Å². The highest BCUT2D eigenvalue weighted by Gasteiger charge is 2.30. The molecule has 1 aromatic heterocycles. The Morgan fingerprint density at radius 3 is 2.67 bits per heavy atom. The molecule has 0 bridgehead atoms. The maximum atomic E-state index is 12.6. The molecule has 1 aromatic carbocycles. The van der Waals surface area contributed by atoms with Gasteiger partial charge in [0, 0.05) is 12.0 Å². The summed E-state index contributed by atoms with van der Waals surface area (Å²) in [4.78, 5) is 3.98. The monoisotopic (exact) mass is 339 g/mol. The molecule has 0 saturated carbocycles. The van der Waals surface area contributed by atoms with E-state index in [2.05, 4.69) is 4.98 Å². The van der Waals surface area contributed by atoms with Crippen LogP contribution in [0.5, 0.6) is 0 Å². The minimum Gasteiger partial charge on any atom is -0.440 e. The van der Waals surface area contributed by atoms with Gasteiger partial charge >= 0.3 is 6.18 Å². The van der Waals surface area contributed by atoms with Crippen LogP contribution in [0.25, 0.3) is 11.1 Å². The van der Waals surface area contributed by atoms with Crippen LogP contribution in [-0.2, 0) is 21.8 Å². The van der Waals surface area contributed by atoms with Gasteiger partial charge in [-0.1, -0.05) is 0 Å². The van der Waals surface area contributed by atoms with Crippen LogP contribution in [0.15, 0.2) is 22.6 Å². The van der Waals surface area contributed by atoms with Crippen molar-refractivity contribution < 1.29 is 26.0 Å². The zero-order valence-electron chi connectivity index (χ0n) is 11.0. The van der Waals surface area contributed by atoms with Crippen LogP contribution in [0.1, 0.15) is 11.5 Å². The third-order valence-corrected chi connectivity index (χ3v) is 4.73. The van der Waals surface area contributed by atoms with E-state index in [4.69, 9.17) is 4.42 Å². The molecule has 2 aromatic rings. The van der Waals surface area contributed by atoms with E-state index in [0.29, 0.717) is 11.5 Å². The minimum absolute atomic E-state index is 0.0378. The van der Waals surface area contributed by atoms with Gasteiger partial charge in [-0.15, -0.1) is 0 Å². The Morgan fingerprint density at radius 1 is 1.33 bits per heavy atom. The fourth-order valence-electron chi connectivity index (χ4n) is 1.58. The lowest BCUT2D eigenvalue weighted by Crippen LogP contribution is -2.05. The SMILES string of the molecule is CS(=O)(=O)CCSCc1nc2cc(C(F)(F)F)ccc2o1. The number of hydrogen-bond donors (Lipinski definition) is 0. The van der Waals surface area contributed by atoms with Gasteiger partial charge < -0.3 is 4.42 Å². The summed E-state index contributed by atoms with van der Waals surface area (Å²) in [6.45, 7) is 0. The van der Waals surface area contributed by atoms with Crippen molar-refractivity contribution in [1.82, 2.24) is 4.98 Å². The van der Waals surface area contributed by atoms with Crippen LogP contribution in [-0.4, -0.2) is 31.2 Å². The number of nitrogens with zero attached hydrogens (tertiary/aromatic N) is 1. The number of alkyl halides is 3. The van der Waals surface area contributed by atoms with Crippen LogP contribution < -0.4 is 0 Å². The predicted octanol–water partition coefficient (Wildman–Crippen LogP) is 3.12. The van der Waals surface area contributed by atoms with Gasteiger partial charge in [0.05, 0.1) is 17.1 Å². The number of rotatable bonds is 5. The maximum Gasteiger partial charge on any atom is 0.416 e. The second-order valence-corrected chi connectivity index (χ2v) is 7.84. The van der Waals surface area contributed by atoms with E-state index < -0.39 is 21.6 Å². The molecule has 9 heteroatoms. The van der Waals surface area contributed by atoms with Crippen molar-refractivity contribution in [2.75, 3.05) is 17.8 Å². The fourth-order valence-corrected chi connectivity index (χ4v) is 3.71. The Hall–Kier alpha value is -1.22. The molecule has 0 aliphatic carbocycles. The Kier molecular flexibility index (Phi) is 4.52. The number of halogens is 3. The first-order chi connectivity index (χ1) is 9.65. The molecule has 116 valence electrons. The lowest BCUT2D eigenvalue weighted by molar-refractivity contribution is -0.137. The van der Waals surface area contributed by atoms with Gasteiger partial charge in [0.2, 0.25) is 5.89 Å². The normalized spacial score (nSPS) is 13.0. The van der Waals surface area contributed by atoms with Crippen LogP contribution in [0, 0.1) is 0 Å². The molecule has 0 N–H and O–H groups in total. The standard InChI is InChI=1S/C12H12F3NO3S2/c1-21(17,18)5-4-20-7-11-16-9-6-8(12(13,14)15)2-3-10(9)19-11/h2-3,6H,4-5,7H2,1H3. The predicted molar refractivity (Wildman–Crippen MR) is 74.9 cm³/mol. The van der Waals surface area contributed by atoms with Crippen LogP contribution in [0.3, 0.4) is 0 Å². The summed E-state index contributed by atoms with van der Waals surface area (Å²) in [6, 6.07) is 3.10.